The van der Waals surface area contributed by atoms with Gasteiger partial charge in [0.05, 0.1) is 47.6 Å². The molecule has 0 bridgehead atoms. The molecule has 42 heavy (non-hydrogen) atoms. The van der Waals surface area contributed by atoms with Crippen molar-refractivity contribution in [2.24, 2.45) is 0 Å². The van der Waals surface area contributed by atoms with Crippen molar-refractivity contribution in [3.05, 3.63) is 113 Å². The lowest BCUT2D eigenvalue weighted by molar-refractivity contribution is 0.0601. The summed E-state index contributed by atoms with van der Waals surface area (Å²) < 4.78 is 32.3. The first-order chi connectivity index (χ1) is 20.4. The summed E-state index contributed by atoms with van der Waals surface area (Å²) in [4.78, 5) is 21.6. The second-order valence-corrected chi connectivity index (χ2v) is 9.72. The molecule has 1 atom stereocenters. The first-order valence-electron chi connectivity index (χ1n) is 13.4. The van der Waals surface area contributed by atoms with E-state index in [1.54, 1.807) is 37.4 Å². The van der Waals surface area contributed by atoms with Gasteiger partial charge in [-0.05, 0) is 42.0 Å². The predicted octanol–water partition coefficient (Wildman–Crippen LogP) is 6.27. The highest BCUT2D eigenvalue weighted by Gasteiger charge is 2.20. The number of carbonyl (C=O) groups is 1. The highest BCUT2D eigenvalue weighted by Crippen LogP contribution is 2.30. The van der Waals surface area contributed by atoms with E-state index in [1.165, 1.54) is 13.2 Å². The standard InChI is InChI=1S/C33H29FN4O4/c1-21(32-37-29-14-13-25(33(39)41-3)18-30(29)38(32)15-16-40-2)23-9-11-24(12-10-23)28-5-4-6-31(36-28)42-20-26-8-7-22(19-35)17-27(26)34/h4-14,17-18,21H,15-16,20H2,1-3H3/t21-/m0/s1. The summed E-state index contributed by atoms with van der Waals surface area (Å²) in [5, 5.41) is 8.93. The smallest absolute Gasteiger partial charge is 0.337 e. The van der Waals surface area contributed by atoms with Gasteiger partial charge in [-0.2, -0.15) is 5.26 Å². The van der Waals surface area contributed by atoms with E-state index in [-0.39, 0.29) is 18.1 Å². The molecule has 2 heterocycles. The fourth-order valence-electron chi connectivity index (χ4n) is 4.77. The third-order valence-electron chi connectivity index (χ3n) is 7.09. The quantitative estimate of drug-likeness (QED) is 0.184. The SMILES string of the molecule is COCCn1c([C@@H](C)c2ccc(-c3cccc(OCc4ccc(C#N)cc4F)n3)cc2)nc2ccc(C(=O)OC)cc21. The molecule has 8 nitrogen and oxygen atoms in total. The molecule has 0 aliphatic heterocycles. The Morgan fingerprint density at radius 2 is 1.83 bits per heavy atom. The normalized spacial score (nSPS) is 11.7. The van der Waals surface area contributed by atoms with E-state index in [0.717, 1.165) is 33.7 Å². The second-order valence-electron chi connectivity index (χ2n) is 9.72. The first-order valence-corrected chi connectivity index (χ1v) is 13.4. The van der Waals surface area contributed by atoms with E-state index >= 15 is 0 Å². The number of benzene rings is 3. The number of esters is 1. The molecule has 2 aromatic heterocycles. The Hall–Kier alpha value is -5.07. The van der Waals surface area contributed by atoms with E-state index in [1.807, 2.05) is 48.5 Å². The van der Waals surface area contributed by atoms with Crippen LogP contribution in [-0.4, -0.2) is 41.3 Å². The highest BCUT2D eigenvalue weighted by molar-refractivity contribution is 5.93. The maximum atomic E-state index is 14.2. The molecular weight excluding hydrogens is 535 g/mol. The minimum absolute atomic E-state index is 0.00432. The van der Waals surface area contributed by atoms with Gasteiger partial charge in [0.25, 0.3) is 0 Å². The highest BCUT2D eigenvalue weighted by atomic mass is 19.1. The van der Waals surface area contributed by atoms with Crippen molar-refractivity contribution in [1.29, 1.82) is 5.26 Å². The number of ether oxygens (including phenoxy) is 3. The molecule has 0 saturated carbocycles. The Morgan fingerprint density at radius 3 is 2.55 bits per heavy atom. The number of nitrogens with zero attached hydrogens (tertiary/aromatic N) is 4. The van der Waals surface area contributed by atoms with Gasteiger partial charge in [-0.15, -0.1) is 0 Å². The average molecular weight is 565 g/mol. The predicted molar refractivity (Wildman–Crippen MR) is 156 cm³/mol. The van der Waals surface area contributed by atoms with Gasteiger partial charge in [0.2, 0.25) is 5.88 Å². The van der Waals surface area contributed by atoms with Gasteiger partial charge in [-0.25, -0.2) is 19.2 Å². The summed E-state index contributed by atoms with van der Waals surface area (Å²) >= 11 is 0. The summed E-state index contributed by atoms with van der Waals surface area (Å²) in [6, 6.07) is 25.1. The molecule has 0 radical (unpaired) electrons. The average Bonchev–Trinajstić information content (AvgIpc) is 3.40. The summed E-state index contributed by atoms with van der Waals surface area (Å²) in [5.74, 6) is 0.294. The van der Waals surface area contributed by atoms with E-state index in [2.05, 4.69) is 16.5 Å². The van der Waals surface area contributed by atoms with Crippen LogP contribution in [0.15, 0.2) is 78.9 Å². The minimum Gasteiger partial charge on any atom is -0.473 e. The molecular formula is C33H29FN4O4. The molecule has 0 amide bonds. The van der Waals surface area contributed by atoms with Crippen LogP contribution >= 0.6 is 0 Å². The number of fused-ring (bicyclic) bond motifs is 1. The molecule has 0 aliphatic rings. The minimum atomic E-state index is -0.491. The Bertz CT molecular complexity index is 1780. The van der Waals surface area contributed by atoms with Crippen LogP contribution in [0.25, 0.3) is 22.3 Å². The molecule has 0 N–H and O–H groups in total. The van der Waals surface area contributed by atoms with Crippen LogP contribution in [-0.2, 0) is 22.6 Å². The fourth-order valence-corrected chi connectivity index (χ4v) is 4.77. The topological polar surface area (TPSA) is 99.3 Å². The molecule has 0 fully saturated rings. The lowest BCUT2D eigenvalue weighted by atomic mass is 9.98. The largest absolute Gasteiger partial charge is 0.473 e. The molecule has 5 aromatic rings. The Labute approximate surface area is 242 Å². The lowest BCUT2D eigenvalue weighted by Crippen LogP contribution is -2.12. The monoisotopic (exact) mass is 564 g/mol. The van der Waals surface area contributed by atoms with E-state index in [4.69, 9.17) is 24.5 Å². The van der Waals surface area contributed by atoms with Gasteiger partial charge in [0, 0.05) is 36.8 Å². The van der Waals surface area contributed by atoms with Crippen molar-refractivity contribution in [3.8, 4) is 23.2 Å². The summed E-state index contributed by atoms with van der Waals surface area (Å²) in [6.07, 6.45) is 0. The molecule has 3 aromatic carbocycles. The van der Waals surface area contributed by atoms with Crippen LogP contribution in [0.4, 0.5) is 4.39 Å². The molecule has 9 heteroatoms. The number of hydrogen-bond acceptors (Lipinski definition) is 7. The van der Waals surface area contributed by atoms with Crippen LogP contribution in [0.3, 0.4) is 0 Å². The molecule has 0 spiro atoms. The summed E-state index contributed by atoms with van der Waals surface area (Å²) in [7, 11) is 3.02. The third kappa shape index (κ3) is 5.99. The number of pyridine rings is 1. The number of rotatable bonds is 10. The van der Waals surface area contributed by atoms with Crippen LogP contribution in [0, 0.1) is 17.1 Å². The van der Waals surface area contributed by atoms with Gasteiger partial charge in [0.15, 0.2) is 0 Å². The fraction of sp³-hybridized carbons (Fsp3) is 0.212. The van der Waals surface area contributed by atoms with Crippen molar-refractivity contribution in [2.75, 3.05) is 20.8 Å². The van der Waals surface area contributed by atoms with E-state index in [9.17, 15) is 9.18 Å². The zero-order chi connectivity index (χ0) is 29.6. The zero-order valence-electron chi connectivity index (χ0n) is 23.5. The van der Waals surface area contributed by atoms with Gasteiger partial charge < -0.3 is 18.8 Å². The van der Waals surface area contributed by atoms with E-state index < -0.39 is 11.8 Å². The zero-order valence-corrected chi connectivity index (χ0v) is 23.5. The van der Waals surface area contributed by atoms with Gasteiger partial charge in [-0.1, -0.05) is 43.3 Å². The summed E-state index contributed by atoms with van der Waals surface area (Å²) in [6.45, 7) is 3.16. The number of halogens is 1. The number of hydrogen-bond donors (Lipinski definition) is 0. The van der Waals surface area contributed by atoms with Gasteiger partial charge >= 0.3 is 5.97 Å². The summed E-state index contributed by atoms with van der Waals surface area (Å²) in [5.41, 5.74) is 5.38. The molecule has 0 aliphatic carbocycles. The van der Waals surface area contributed by atoms with Crippen LogP contribution < -0.4 is 4.74 Å². The number of methoxy groups -OCH3 is 2. The van der Waals surface area contributed by atoms with Crippen molar-refractivity contribution >= 4 is 17.0 Å². The maximum absolute atomic E-state index is 14.2. The van der Waals surface area contributed by atoms with Crippen molar-refractivity contribution in [2.45, 2.75) is 26.0 Å². The van der Waals surface area contributed by atoms with Gasteiger partial charge in [-0.3, -0.25) is 0 Å². The van der Waals surface area contributed by atoms with Crippen molar-refractivity contribution < 1.29 is 23.4 Å². The van der Waals surface area contributed by atoms with E-state index in [0.29, 0.717) is 30.2 Å². The number of imidazole rings is 1. The Balaban J connectivity index is 1.36. The molecule has 0 saturated heterocycles. The third-order valence-corrected chi connectivity index (χ3v) is 7.09. The maximum Gasteiger partial charge on any atom is 0.337 e. The molecule has 5 rings (SSSR count). The second kappa shape index (κ2) is 12.6. The van der Waals surface area contributed by atoms with Crippen molar-refractivity contribution in [1.82, 2.24) is 14.5 Å². The first kappa shape index (κ1) is 28.5. The number of nitriles is 1. The molecule has 0 unspecified atom stereocenters. The number of aromatic nitrogens is 3. The van der Waals surface area contributed by atoms with Crippen molar-refractivity contribution in [3.63, 3.8) is 0 Å². The number of carbonyl (C=O) groups excluding carboxylic acids is 1. The van der Waals surface area contributed by atoms with Gasteiger partial charge in [0.1, 0.15) is 18.2 Å². The molecule has 212 valence electrons. The van der Waals surface area contributed by atoms with Crippen LogP contribution in [0.2, 0.25) is 0 Å². The van der Waals surface area contributed by atoms with Crippen LogP contribution in [0.1, 0.15) is 45.7 Å². The van der Waals surface area contributed by atoms with Crippen LogP contribution in [0.5, 0.6) is 5.88 Å². The lowest BCUT2D eigenvalue weighted by Gasteiger charge is -2.16. The Morgan fingerprint density at radius 1 is 1.02 bits per heavy atom. The Kier molecular flexibility index (Phi) is 8.55.